The third kappa shape index (κ3) is 5.80. The van der Waals surface area contributed by atoms with E-state index >= 15 is 0 Å². The fourth-order valence-corrected chi connectivity index (χ4v) is 4.09. The number of H-pyrrole nitrogens is 1. The highest BCUT2D eigenvalue weighted by Gasteiger charge is 2.43. The van der Waals surface area contributed by atoms with Gasteiger partial charge in [-0.15, -0.1) is 0 Å². The molecule has 0 bridgehead atoms. The minimum absolute atomic E-state index is 0.101. The van der Waals surface area contributed by atoms with E-state index in [4.69, 9.17) is 0 Å². The molecule has 2 aromatic rings. The quantitative estimate of drug-likeness (QED) is 0.593. The summed E-state index contributed by atoms with van der Waals surface area (Å²) >= 11 is 0. The summed E-state index contributed by atoms with van der Waals surface area (Å²) in [6.07, 6.45) is 0.911. The third-order valence-electron chi connectivity index (χ3n) is 5.84. The Morgan fingerprint density at radius 3 is 2.53 bits per heavy atom. The molecule has 9 nitrogen and oxygen atoms in total. The van der Waals surface area contributed by atoms with Gasteiger partial charge in [0.05, 0.1) is 18.3 Å². The fraction of sp³-hybridized carbons (Fsp3) is 0.500. The van der Waals surface area contributed by atoms with Crippen LogP contribution < -0.4 is 5.32 Å². The number of likely N-dealkylation sites (tertiary alicyclic amines) is 1. The van der Waals surface area contributed by atoms with Crippen molar-refractivity contribution >= 4 is 17.7 Å². The molecule has 2 heterocycles. The highest BCUT2D eigenvalue weighted by molar-refractivity contribution is 5.92. The van der Waals surface area contributed by atoms with Gasteiger partial charge in [-0.3, -0.25) is 14.4 Å². The van der Waals surface area contributed by atoms with Crippen LogP contribution in [-0.4, -0.2) is 68.3 Å². The molecule has 1 fully saturated rings. The molecular weight excluding hydrogens is 441 g/mol. The largest absolute Gasteiger partial charge is 0.391 e. The number of carbonyl (C=O) groups is 3. The van der Waals surface area contributed by atoms with E-state index in [1.165, 1.54) is 35.1 Å². The number of halogens is 1. The van der Waals surface area contributed by atoms with Gasteiger partial charge in [0, 0.05) is 33.5 Å². The molecular formula is C24H32FN5O4. The van der Waals surface area contributed by atoms with Crippen LogP contribution in [0.2, 0.25) is 0 Å². The number of imidazole rings is 1. The summed E-state index contributed by atoms with van der Waals surface area (Å²) in [4.78, 5) is 48.3. The average Bonchev–Trinajstić information content (AvgIpc) is 3.38. The number of nitrogens with zero attached hydrogens (tertiary/aromatic N) is 3. The van der Waals surface area contributed by atoms with Crippen LogP contribution in [-0.2, 0) is 16.1 Å². The summed E-state index contributed by atoms with van der Waals surface area (Å²) < 4.78 is 13.1. The van der Waals surface area contributed by atoms with E-state index in [2.05, 4.69) is 15.3 Å². The Morgan fingerprint density at radius 1 is 1.29 bits per heavy atom. The summed E-state index contributed by atoms with van der Waals surface area (Å²) in [5, 5.41) is 13.0. The molecule has 1 aliphatic heterocycles. The molecule has 3 N–H and O–H groups in total. The first-order valence-electron chi connectivity index (χ1n) is 11.2. The Balaban J connectivity index is 1.77. The van der Waals surface area contributed by atoms with Gasteiger partial charge in [-0.05, 0) is 23.1 Å². The lowest BCUT2D eigenvalue weighted by molar-refractivity contribution is -0.140. The van der Waals surface area contributed by atoms with Crippen LogP contribution in [0.15, 0.2) is 30.5 Å². The van der Waals surface area contributed by atoms with Crippen molar-refractivity contribution in [2.45, 2.75) is 58.8 Å². The van der Waals surface area contributed by atoms with Gasteiger partial charge in [0.2, 0.25) is 11.8 Å². The van der Waals surface area contributed by atoms with E-state index in [1.807, 2.05) is 20.8 Å². The van der Waals surface area contributed by atoms with Gasteiger partial charge in [0.25, 0.3) is 5.91 Å². The molecule has 0 aliphatic carbocycles. The zero-order valence-corrected chi connectivity index (χ0v) is 20.1. The van der Waals surface area contributed by atoms with Crippen molar-refractivity contribution < 1.29 is 23.9 Å². The topological polar surface area (TPSA) is 119 Å². The first-order valence-corrected chi connectivity index (χ1v) is 11.2. The molecule has 0 spiro atoms. The number of aromatic amines is 1. The fourth-order valence-electron chi connectivity index (χ4n) is 4.09. The number of carbonyl (C=O) groups excluding carboxylic acids is 3. The minimum atomic E-state index is -0.782. The van der Waals surface area contributed by atoms with Crippen molar-refractivity contribution in [2.24, 2.45) is 5.41 Å². The number of amides is 3. The minimum Gasteiger partial charge on any atom is -0.391 e. The van der Waals surface area contributed by atoms with E-state index in [0.29, 0.717) is 5.82 Å². The molecule has 3 rings (SSSR count). The van der Waals surface area contributed by atoms with Crippen LogP contribution in [0.4, 0.5) is 4.39 Å². The van der Waals surface area contributed by atoms with Crippen LogP contribution in [0, 0.1) is 11.2 Å². The summed E-state index contributed by atoms with van der Waals surface area (Å²) in [5.41, 5.74) is 0.468. The standard InChI is InChI=1S/C24H32FN5O4/c1-14(31)27-20(24(2,3)4)23(34)30-13-17(32)10-19(30)21-26-11-18(28-21)22(33)29(5)12-15-6-8-16(25)9-7-15/h6-9,11,17,19-20,32H,10,12-13H2,1-5H3,(H,26,28)(H,27,31)/t17-,19+,20-/m1/s1. The molecule has 34 heavy (non-hydrogen) atoms. The van der Waals surface area contributed by atoms with Crippen LogP contribution in [0.5, 0.6) is 0 Å². The van der Waals surface area contributed by atoms with Crippen molar-refractivity contribution in [3.63, 3.8) is 0 Å². The van der Waals surface area contributed by atoms with E-state index in [-0.39, 0.29) is 48.7 Å². The highest BCUT2D eigenvalue weighted by Crippen LogP contribution is 2.33. The maximum atomic E-state index is 13.4. The van der Waals surface area contributed by atoms with Crippen molar-refractivity contribution in [1.29, 1.82) is 0 Å². The number of hydrogen-bond donors (Lipinski definition) is 3. The molecule has 0 saturated carbocycles. The lowest BCUT2D eigenvalue weighted by Crippen LogP contribution is -2.54. The molecule has 0 unspecified atom stereocenters. The zero-order chi connectivity index (χ0) is 25.2. The lowest BCUT2D eigenvalue weighted by atomic mass is 9.85. The van der Waals surface area contributed by atoms with Crippen LogP contribution in [0.3, 0.4) is 0 Å². The van der Waals surface area contributed by atoms with Crippen LogP contribution in [0.1, 0.15) is 62.0 Å². The molecule has 10 heteroatoms. The number of nitrogens with one attached hydrogen (secondary N) is 2. The average molecular weight is 474 g/mol. The summed E-state index contributed by atoms with van der Waals surface area (Å²) in [7, 11) is 1.63. The molecule has 1 aliphatic rings. The number of aliphatic hydroxyl groups is 1. The monoisotopic (exact) mass is 473 g/mol. The normalized spacial score (nSPS) is 19.1. The van der Waals surface area contributed by atoms with Gasteiger partial charge in [-0.2, -0.15) is 0 Å². The molecule has 3 atom stereocenters. The zero-order valence-electron chi connectivity index (χ0n) is 20.1. The van der Waals surface area contributed by atoms with Gasteiger partial charge in [0.15, 0.2) is 0 Å². The molecule has 1 aromatic heterocycles. The Hall–Kier alpha value is -3.27. The molecule has 184 valence electrons. The number of hydrogen-bond acceptors (Lipinski definition) is 5. The maximum absolute atomic E-state index is 13.4. The van der Waals surface area contributed by atoms with Crippen molar-refractivity contribution in [3.05, 3.63) is 53.4 Å². The predicted octanol–water partition coefficient (Wildman–Crippen LogP) is 2.01. The van der Waals surface area contributed by atoms with Crippen molar-refractivity contribution in [2.75, 3.05) is 13.6 Å². The van der Waals surface area contributed by atoms with Gasteiger partial charge in [-0.1, -0.05) is 32.9 Å². The van der Waals surface area contributed by atoms with Crippen molar-refractivity contribution in [1.82, 2.24) is 25.1 Å². The smallest absolute Gasteiger partial charge is 0.271 e. The van der Waals surface area contributed by atoms with Crippen LogP contribution in [0.25, 0.3) is 0 Å². The summed E-state index contributed by atoms with van der Waals surface area (Å²) in [6.45, 7) is 7.30. The number of rotatable bonds is 6. The number of β-amino-alcohol motifs (C(OH)–C–C–N with tert-alkyl or cyclic N) is 1. The predicted molar refractivity (Wildman–Crippen MR) is 123 cm³/mol. The second-order valence-electron chi connectivity index (χ2n) is 9.87. The van der Waals surface area contributed by atoms with Gasteiger partial charge in [-0.25, -0.2) is 9.37 Å². The highest BCUT2D eigenvalue weighted by atomic mass is 19.1. The Labute approximate surface area is 198 Å². The van der Waals surface area contributed by atoms with E-state index in [9.17, 15) is 23.9 Å². The second kappa shape index (κ2) is 9.92. The second-order valence-corrected chi connectivity index (χ2v) is 9.87. The molecule has 1 aromatic carbocycles. The first-order chi connectivity index (χ1) is 15.9. The third-order valence-corrected chi connectivity index (χ3v) is 5.84. The van der Waals surface area contributed by atoms with E-state index in [0.717, 1.165) is 5.56 Å². The molecule has 3 amide bonds. The lowest BCUT2D eigenvalue weighted by Gasteiger charge is -2.35. The Bertz CT molecular complexity index is 1050. The van der Waals surface area contributed by atoms with Gasteiger partial charge in [0.1, 0.15) is 23.4 Å². The van der Waals surface area contributed by atoms with E-state index < -0.39 is 23.6 Å². The SMILES string of the molecule is CC(=O)N[C@H](C(=O)N1C[C@H](O)C[C@H]1c1ncc(C(=O)N(C)Cc2ccc(F)cc2)[nH]1)C(C)(C)C. The maximum Gasteiger partial charge on any atom is 0.271 e. The van der Waals surface area contributed by atoms with E-state index in [1.54, 1.807) is 19.2 Å². The molecule has 1 saturated heterocycles. The van der Waals surface area contributed by atoms with Gasteiger partial charge >= 0.3 is 0 Å². The first kappa shape index (κ1) is 25.4. The molecule has 0 radical (unpaired) electrons. The van der Waals surface area contributed by atoms with Crippen molar-refractivity contribution in [3.8, 4) is 0 Å². The summed E-state index contributed by atoms with van der Waals surface area (Å²) in [6, 6.07) is 4.56. The summed E-state index contributed by atoms with van der Waals surface area (Å²) in [5.74, 6) is -0.910. The Kier molecular flexibility index (Phi) is 7.40. The number of aliphatic hydroxyl groups excluding tert-OH is 1. The Morgan fingerprint density at radius 2 is 1.94 bits per heavy atom. The van der Waals surface area contributed by atoms with Crippen LogP contribution >= 0.6 is 0 Å². The number of aromatic nitrogens is 2. The number of benzene rings is 1. The van der Waals surface area contributed by atoms with Gasteiger partial charge < -0.3 is 25.2 Å².